The van der Waals surface area contributed by atoms with Crippen LogP contribution in [0, 0.1) is 5.41 Å². The summed E-state index contributed by atoms with van der Waals surface area (Å²) in [6.07, 6.45) is 33.3. The first kappa shape index (κ1) is 30.9. The quantitative estimate of drug-likeness (QED) is 0.104. The van der Waals surface area contributed by atoms with Crippen LogP contribution in [0.3, 0.4) is 0 Å². The maximum absolute atomic E-state index is 11.8. The summed E-state index contributed by atoms with van der Waals surface area (Å²) in [6.45, 7) is 6.09. The number of rotatable bonds is 19. The Labute approximate surface area is 214 Å². The summed E-state index contributed by atoms with van der Waals surface area (Å²) in [5.41, 5.74) is 0.499. The van der Waals surface area contributed by atoms with E-state index in [4.69, 9.17) is 9.47 Å². The molecule has 0 aromatic rings. The van der Waals surface area contributed by atoms with E-state index in [1.807, 2.05) is 6.92 Å². The molecule has 1 rings (SSSR count). The van der Waals surface area contributed by atoms with Crippen molar-refractivity contribution in [3.8, 4) is 0 Å². The van der Waals surface area contributed by atoms with Gasteiger partial charge in [-0.05, 0) is 70.1 Å². The Bertz CT molecular complexity index is 680. The average Bonchev–Trinajstić information content (AvgIpc) is 3.31. The molecular formula is C31H50O4. The average molecular weight is 487 g/mol. The maximum Gasteiger partial charge on any atom is 0.306 e. The minimum Gasteiger partial charge on any atom is -0.462 e. The molecule has 198 valence electrons. The van der Waals surface area contributed by atoms with Crippen molar-refractivity contribution in [1.82, 2.24) is 0 Å². The number of carbonyl (C=O) groups excluding carboxylic acids is 2. The number of esters is 2. The van der Waals surface area contributed by atoms with Crippen LogP contribution in [0.25, 0.3) is 0 Å². The molecule has 1 unspecified atom stereocenters. The van der Waals surface area contributed by atoms with Crippen molar-refractivity contribution in [3.63, 3.8) is 0 Å². The van der Waals surface area contributed by atoms with E-state index < -0.39 is 6.10 Å². The summed E-state index contributed by atoms with van der Waals surface area (Å²) in [7, 11) is 0. The van der Waals surface area contributed by atoms with Gasteiger partial charge in [-0.3, -0.25) is 9.59 Å². The van der Waals surface area contributed by atoms with Gasteiger partial charge in [-0.1, -0.05) is 88.1 Å². The van der Waals surface area contributed by atoms with Crippen LogP contribution in [0.15, 0.2) is 48.6 Å². The molecule has 4 heteroatoms. The van der Waals surface area contributed by atoms with Crippen LogP contribution < -0.4 is 0 Å². The molecule has 1 aliphatic rings. The number of hydrogen-bond acceptors (Lipinski definition) is 4. The van der Waals surface area contributed by atoms with E-state index in [1.54, 1.807) is 6.92 Å². The van der Waals surface area contributed by atoms with Crippen molar-refractivity contribution in [2.45, 2.75) is 123 Å². The highest BCUT2D eigenvalue weighted by molar-refractivity contribution is 5.70. The molecule has 0 aliphatic heterocycles. The fraction of sp³-hybridized carbons (Fsp3) is 0.677. The van der Waals surface area contributed by atoms with Crippen molar-refractivity contribution in [2.24, 2.45) is 5.41 Å². The monoisotopic (exact) mass is 486 g/mol. The van der Waals surface area contributed by atoms with Gasteiger partial charge in [-0.25, -0.2) is 0 Å². The molecule has 0 bridgehead atoms. The first-order chi connectivity index (χ1) is 17.0. The van der Waals surface area contributed by atoms with Crippen molar-refractivity contribution >= 4 is 11.9 Å². The normalized spacial score (nSPS) is 16.7. The zero-order valence-electron chi connectivity index (χ0n) is 22.6. The lowest BCUT2D eigenvalue weighted by atomic mass is 9.80. The highest BCUT2D eigenvalue weighted by Crippen LogP contribution is 2.43. The van der Waals surface area contributed by atoms with Gasteiger partial charge in [0.05, 0.1) is 0 Å². The van der Waals surface area contributed by atoms with Crippen molar-refractivity contribution in [2.75, 3.05) is 6.61 Å². The number of hydrogen-bond donors (Lipinski definition) is 0. The third kappa shape index (κ3) is 16.2. The summed E-state index contributed by atoms with van der Waals surface area (Å²) in [5.74, 6) is -0.480. The lowest BCUT2D eigenvalue weighted by Crippen LogP contribution is -2.22. The van der Waals surface area contributed by atoms with Gasteiger partial charge in [0.2, 0.25) is 0 Å². The first-order valence-corrected chi connectivity index (χ1v) is 14.0. The Hall–Kier alpha value is -2.10. The van der Waals surface area contributed by atoms with Gasteiger partial charge in [-0.2, -0.15) is 0 Å². The van der Waals surface area contributed by atoms with E-state index in [9.17, 15) is 9.59 Å². The Balaban J connectivity index is 2.05. The van der Waals surface area contributed by atoms with Gasteiger partial charge < -0.3 is 9.47 Å². The van der Waals surface area contributed by atoms with E-state index in [0.29, 0.717) is 18.3 Å². The maximum atomic E-state index is 11.8. The summed E-state index contributed by atoms with van der Waals surface area (Å²) < 4.78 is 10.3. The van der Waals surface area contributed by atoms with Crippen LogP contribution in [-0.2, 0) is 19.1 Å². The minimum atomic E-state index is -0.399. The molecule has 4 nitrogen and oxygen atoms in total. The van der Waals surface area contributed by atoms with Crippen LogP contribution >= 0.6 is 0 Å². The molecule has 1 atom stereocenters. The summed E-state index contributed by atoms with van der Waals surface area (Å²) in [5, 5.41) is 0. The van der Waals surface area contributed by atoms with Crippen LogP contribution in [-0.4, -0.2) is 24.6 Å². The lowest BCUT2D eigenvalue weighted by Gasteiger charge is -2.24. The van der Waals surface area contributed by atoms with Gasteiger partial charge in [0.1, 0.15) is 12.7 Å². The van der Waals surface area contributed by atoms with Gasteiger partial charge in [0, 0.05) is 12.8 Å². The molecule has 0 aromatic heterocycles. The zero-order chi connectivity index (χ0) is 25.6. The SMILES string of the molecule is CCCCC1(/C=C\C/C=C\C/C=C\C/C=C\CCCC(=O)OC(C)COC(=O)CCC)CCCC1. The molecular weight excluding hydrogens is 436 g/mol. The van der Waals surface area contributed by atoms with Crippen molar-refractivity contribution < 1.29 is 19.1 Å². The standard InChI is InChI=1S/C31H50O4/c1-4-6-23-31(25-19-20-26-31)24-18-16-14-12-10-8-7-9-11-13-15-17-22-30(33)35-28(3)27-34-29(32)21-5-2/h7-8,11-14,18,24,28H,4-6,9-10,15-17,19-23,25-27H2,1-3H3/b8-7-,13-11-,14-12-,24-18-. The third-order valence-electron chi connectivity index (χ3n) is 6.43. The Morgan fingerprint density at radius 2 is 1.43 bits per heavy atom. The number of carbonyl (C=O) groups is 2. The van der Waals surface area contributed by atoms with Gasteiger partial charge in [-0.15, -0.1) is 0 Å². The predicted molar refractivity (Wildman–Crippen MR) is 146 cm³/mol. The molecule has 0 spiro atoms. The second-order valence-corrected chi connectivity index (χ2v) is 9.82. The summed E-state index contributed by atoms with van der Waals surface area (Å²) >= 11 is 0. The second-order valence-electron chi connectivity index (χ2n) is 9.82. The first-order valence-electron chi connectivity index (χ1n) is 14.0. The minimum absolute atomic E-state index is 0.127. The van der Waals surface area contributed by atoms with Crippen molar-refractivity contribution in [3.05, 3.63) is 48.6 Å². The van der Waals surface area contributed by atoms with Gasteiger partial charge in [0.15, 0.2) is 0 Å². The molecule has 1 aliphatic carbocycles. The Morgan fingerprint density at radius 1 is 0.800 bits per heavy atom. The van der Waals surface area contributed by atoms with Crippen LogP contribution in [0.1, 0.15) is 117 Å². The molecule has 0 heterocycles. The van der Waals surface area contributed by atoms with E-state index in [1.165, 1.54) is 44.9 Å². The molecule has 1 fully saturated rings. The highest BCUT2D eigenvalue weighted by atomic mass is 16.6. The topological polar surface area (TPSA) is 52.6 Å². The highest BCUT2D eigenvalue weighted by Gasteiger charge is 2.29. The van der Waals surface area contributed by atoms with Crippen LogP contribution in [0.2, 0.25) is 0 Å². The number of unbranched alkanes of at least 4 members (excludes halogenated alkanes) is 2. The number of allylic oxidation sites excluding steroid dienone is 8. The summed E-state index contributed by atoms with van der Waals surface area (Å²) in [4.78, 5) is 23.2. The predicted octanol–water partition coefficient (Wildman–Crippen LogP) is 8.58. The molecule has 0 saturated heterocycles. The third-order valence-corrected chi connectivity index (χ3v) is 6.43. The van der Waals surface area contributed by atoms with Crippen molar-refractivity contribution in [1.29, 1.82) is 0 Å². The van der Waals surface area contributed by atoms with E-state index in [2.05, 4.69) is 55.5 Å². The summed E-state index contributed by atoms with van der Waals surface area (Å²) in [6, 6.07) is 0. The Morgan fingerprint density at radius 3 is 2.06 bits per heavy atom. The smallest absolute Gasteiger partial charge is 0.306 e. The zero-order valence-corrected chi connectivity index (χ0v) is 22.6. The fourth-order valence-corrected chi connectivity index (χ4v) is 4.43. The lowest BCUT2D eigenvalue weighted by molar-refractivity contribution is -0.158. The van der Waals surface area contributed by atoms with E-state index in [0.717, 1.165) is 38.5 Å². The van der Waals surface area contributed by atoms with Gasteiger partial charge >= 0.3 is 11.9 Å². The molecule has 0 aromatic carbocycles. The molecule has 35 heavy (non-hydrogen) atoms. The largest absolute Gasteiger partial charge is 0.462 e. The number of ether oxygens (including phenoxy) is 2. The van der Waals surface area contributed by atoms with E-state index >= 15 is 0 Å². The molecule has 1 saturated carbocycles. The molecule has 0 N–H and O–H groups in total. The second kappa shape index (κ2) is 20.1. The van der Waals surface area contributed by atoms with E-state index in [-0.39, 0.29) is 18.5 Å². The van der Waals surface area contributed by atoms with Crippen LogP contribution in [0.5, 0.6) is 0 Å². The fourth-order valence-electron chi connectivity index (χ4n) is 4.43. The van der Waals surface area contributed by atoms with Gasteiger partial charge in [0.25, 0.3) is 0 Å². The molecule has 0 radical (unpaired) electrons. The molecule has 0 amide bonds. The van der Waals surface area contributed by atoms with Crippen LogP contribution in [0.4, 0.5) is 0 Å². The Kier molecular flexibility index (Phi) is 17.8.